The van der Waals surface area contributed by atoms with Crippen LogP contribution < -0.4 is 4.72 Å². The van der Waals surface area contributed by atoms with Crippen molar-refractivity contribution >= 4 is 25.5 Å². The number of sulfone groups is 1. The Labute approximate surface area is 124 Å². The predicted octanol–water partition coefficient (Wildman–Crippen LogP) is 1.19. The van der Waals surface area contributed by atoms with Crippen LogP contribution >= 0.6 is 0 Å². The van der Waals surface area contributed by atoms with Crippen LogP contribution in [0, 0.1) is 18.3 Å². The minimum absolute atomic E-state index is 0.0887. The number of nitrogens with one attached hydrogen (secondary N) is 1. The van der Waals surface area contributed by atoms with E-state index < -0.39 is 25.1 Å². The van der Waals surface area contributed by atoms with E-state index in [2.05, 4.69) is 4.72 Å². The molecule has 8 heteroatoms. The first-order valence-electron chi connectivity index (χ1n) is 6.47. The second-order valence-electron chi connectivity index (χ2n) is 5.11. The van der Waals surface area contributed by atoms with Gasteiger partial charge in [0.25, 0.3) is 0 Å². The summed E-state index contributed by atoms with van der Waals surface area (Å²) < 4.78 is 49.8. The van der Waals surface area contributed by atoms with Crippen LogP contribution in [0.2, 0.25) is 0 Å². The van der Waals surface area contributed by atoms with Crippen molar-refractivity contribution in [3.63, 3.8) is 0 Å². The molecule has 6 nitrogen and oxygen atoms in total. The largest absolute Gasteiger partial charge is 0.282 e. The predicted molar refractivity (Wildman–Crippen MR) is 80.1 cm³/mol. The molecular formula is C13H16N2O4S2. The summed E-state index contributed by atoms with van der Waals surface area (Å²) in [6.45, 7) is 1.73. The van der Waals surface area contributed by atoms with Gasteiger partial charge in [-0.3, -0.25) is 4.72 Å². The molecule has 0 aromatic heterocycles. The average Bonchev–Trinajstić information content (AvgIpc) is 2.38. The Hall–Kier alpha value is -1.59. The number of benzene rings is 1. The second kappa shape index (κ2) is 5.66. The Kier molecular flexibility index (Phi) is 4.25. The van der Waals surface area contributed by atoms with Crippen molar-refractivity contribution in [3.05, 3.63) is 29.3 Å². The normalized spacial score (nSPS) is 18.9. The molecule has 1 aromatic rings. The third-order valence-electron chi connectivity index (χ3n) is 3.58. The quantitative estimate of drug-likeness (QED) is 0.897. The highest BCUT2D eigenvalue weighted by Crippen LogP contribution is 2.24. The van der Waals surface area contributed by atoms with Crippen molar-refractivity contribution < 1.29 is 16.8 Å². The summed E-state index contributed by atoms with van der Waals surface area (Å²) >= 11 is 0. The molecular weight excluding hydrogens is 312 g/mol. The molecule has 1 heterocycles. The van der Waals surface area contributed by atoms with Gasteiger partial charge in [0.05, 0.1) is 28.0 Å². The maximum Gasteiger partial charge on any atom is 0.235 e. The van der Waals surface area contributed by atoms with Gasteiger partial charge in [0.2, 0.25) is 10.0 Å². The summed E-state index contributed by atoms with van der Waals surface area (Å²) in [5.41, 5.74) is 1.21. The van der Waals surface area contributed by atoms with Crippen molar-refractivity contribution in [2.24, 2.45) is 0 Å². The second-order valence-corrected chi connectivity index (χ2v) is 9.37. The lowest BCUT2D eigenvalue weighted by Crippen LogP contribution is -2.36. The van der Waals surface area contributed by atoms with Crippen LogP contribution in [0.4, 0.5) is 5.69 Å². The highest BCUT2D eigenvalue weighted by atomic mass is 32.2. The first kappa shape index (κ1) is 15.8. The molecule has 0 bridgehead atoms. The fourth-order valence-corrected chi connectivity index (χ4v) is 5.61. The third-order valence-corrected chi connectivity index (χ3v) is 7.15. The number of hydrogen-bond acceptors (Lipinski definition) is 5. The number of nitriles is 1. The van der Waals surface area contributed by atoms with E-state index >= 15 is 0 Å². The maximum absolute atomic E-state index is 12.3. The molecule has 0 radical (unpaired) electrons. The van der Waals surface area contributed by atoms with E-state index in [1.165, 1.54) is 6.07 Å². The van der Waals surface area contributed by atoms with Gasteiger partial charge in [0.1, 0.15) is 15.9 Å². The zero-order valence-electron chi connectivity index (χ0n) is 11.5. The van der Waals surface area contributed by atoms with Crippen molar-refractivity contribution in [1.29, 1.82) is 5.26 Å². The van der Waals surface area contributed by atoms with E-state index in [-0.39, 0.29) is 35.6 Å². The molecule has 1 saturated heterocycles. The third kappa shape index (κ3) is 3.54. The molecule has 21 heavy (non-hydrogen) atoms. The van der Waals surface area contributed by atoms with Gasteiger partial charge in [0.15, 0.2) is 0 Å². The van der Waals surface area contributed by atoms with Gasteiger partial charge in [0, 0.05) is 0 Å². The topological polar surface area (TPSA) is 104 Å². The summed E-state index contributed by atoms with van der Waals surface area (Å²) in [5.74, 6) is -0.227. The van der Waals surface area contributed by atoms with Crippen LogP contribution in [0.5, 0.6) is 0 Å². The monoisotopic (exact) mass is 328 g/mol. The van der Waals surface area contributed by atoms with Crippen LogP contribution in [0.1, 0.15) is 24.0 Å². The lowest BCUT2D eigenvalue weighted by atomic mass is 10.1. The Morgan fingerprint density at radius 3 is 2.48 bits per heavy atom. The van der Waals surface area contributed by atoms with Crippen molar-refractivity contribution in [3.8, 4) is 6.07 Å². The summed E-state index contributed by atoms with van der Waals surface area (Å²) in [6, 6.07) is 6.90. The van der Waals surface area contributed by atoms with E-state index in [0.29, 0.717) is 5.56 Å². The van der Waals surface area contributed by atoms with Gasteiger partial charge in [-0.05, 0) is 31.4 Å². The number of nitrogens with zero attached hydrogens (tertiary/aromatic N) is 1. The molecule has 0 aliphatic carbocycles. The molecule has 1 aliphatic heterocycles. The summed E-state index contributed by atoms with van der Waals surface area (Å²) in [6.07, 6.45) is 0.177. The molecule has 114 valence electrons. The van der Waals surface area contributed by atoms with Crippen molar-refractivity contribution in [1.82, 2.24) is 0 Å². The van der Waals surface area contributed by atoms with Crippen molar-refractivity contribution in [2.45, 2.75) is 25.0 Å². The van der Waals surface area contributed by atoms with Gasteiger partial charge < -0.3 is 0 Å². The van der Waals surface area contributed by atoms with E-state index in [4.69, 9.17) is 5.26 Å². The number of sulfonamides is 1. The maximum atomic E-state index is 12.3. The van der Waals surface area contributed by atoms with Gasteiger partial charge in [-0.25, -0.2) is 16.8 Å². The zero-order valence-corrected chi connectivity index (χ0v) is 13.2. The number of hydrogen-bond donors (Lipinski definition) is 1. The SMILES string of the molecule is Cc1cccc(NS(=O)(=O)C2CCS(=O)(=O)CC2)c1C#N. The molecule has 1 fully saturated rings. The van der Waals surface area contributed by atoms with E-state index in [1.807, 2.05) is 6.07 Å². The average molecular weight is 328 g/mol. The minimum Gasteiger partial charge on any atom is -0.282 e. The summed E-state index contributed by atoms with van der Waals surface area (Å²) in [7, 11) is -6.81. The first-order chi connectivity index (χ1) is 9.75. The van der Waals surface area contributed by atoms with Gasteiger partial charge in [-0.15, -0.1) is 0 Å². The molecule has 0 spiro atoms. The highest BCUT2D eigenvalue weighted by Gasteiger charge is 2.33. The van der Waals surface area contributed by atoms with Crippen LogP contribution in [0.3, 0.4) is 0 Å². The van der Waals surface area contributed by atoms with Gasteiger partial charge in [-0.1, -0.05) is 12.1 Å². The van der Waals surface area contributed by atoms with Gasteiger partial charge in [-0.2, -0.15) is 5.26 Å². The molecule has 0 unspecified atom stereocenters. The highest BCUT2D eigenvalue weighted by molar-refractivity contribution is 7.94. The molecule has 1 aliphatic rings. The minimum atomic E-state index is -3.70. The number of aryl methyl sites for hydroxylation is 1. The summed E-state index contributed by atoms with van der Waals surface area (Å²) in [5, 5.41) is 8.37. The van der Waals surface area contributed by atoms with E-state index in [9.17, 15) is 16.8 Å². The molecule has 0 atom stereocenters. The van der Waals surface area contributed by atoms with Crippen molar-refractivity contribution in [2.75, 3.05) is 16.2 Å². The van der Waals surface area contributed by atoms with Crippen LogP contribution in [-0.2, 0) is 19.9 Å². The van der Waals surface area contributed by atoms with Crippen LogP contribution in [0.15, 0.2) is 18.2 Å². The fraction of sp³-hybridized carbons (Fsp3) is 0.462. The Morgan fingerprint density at radius 2 is 1.90 bits per heavy atom. The first-order valence-corrected chi connectivity index (χ1v) is 9.84. The molecule has 0 saturated carbocycles. The lowest BCUT2D eigenvalue weighted by molar-refractivity contribution is 0.555. The Bertz CT molecular complexity index is 778. The smallest absolute Gasteiger partial charge is 0.235 e. The zero-order chi connectivity index (χ0) is 15.7. The van der Waals surface area contributed by atoms with Crippen LogP contribution in [0.25, 0.3) is 0 Å². The molecule has 1 N–H and O–H groups in total. The lowest BCUT2D eigenvalue weighted by Gasteiger charge is -2.23. The Balaban J connectivity index is 2.24. The summed E-state index contributed by atoms with van der Waals surface area (Å²) in [4.78, 5) is 0. The molecule has 1 aromatic carbocycles. The number of rotatable bonds is 3. The van der Waals surface area contributed by atoms with E-state index in [1.54, 1.807) is 19.1 Å². The van der Waals surface area contributed by atoms with E-state index in [0.717, 1.165) is 0 Å². The standard InChI is InChI=1S/C13H16N2O4S2/c1-10-3-2-4-13(12(10)9-14)15-21(18,19)11-5-7-20(16,17)8-6-11/h2-4,11,15H,5-8H2,1H3. The molecule has 2 rings (SSSR count). The molecule has 0 amide bonds. The number of anilines is 1. The fourth-order valence-electron chi connectivity index (χ4n) is 2.32. The van der Waals surface area contributed by atoms with Gasteiger partial charge >= 0.3 is 0 Å². The van der Waals surface area contributed by atoms with Crippen LogP contribution in [-0.4, -0.2) is 33.6 Å². The Morgan fingerprint density at radius 1 is 1.29 bits per heavy atom.